The highest BCUT2D eigenvalue weighted by molar-refractivity contribution is 5.65. The largest absolute Gasteiger partial charge is 0.497 e. The molecule has 2 aromatic heterocycles. The Labute approximate surface area is 150 Å². The van der Waals surface area contributed by atoms with Crippen LogP contribution in [0.4, 0.5) is 11.6 Å². The summed E-state index contributed by atoms with van der Waals surface area (Å²) in [5.74, 6) is 2.53. The Morgan fingerprint density at radius 1 is 0.923 bits per heavy atom. The standard InChI is InChI=1S/C19H16N6O/c1-26-15-9-7-14(8-10-15)19-22-18(12-20-25-19)21-17-11-16(23-24-17)13-5-3-2-4-6-13/h2-12H,1H3,(H2,21,22,23,24,25). The summed E-state index contributed by atoms with van der Waals surface area (Å²) in [6.45, 7) is 0. The van der Waals surface area contributed by atoms with Crippen LogP contribution in [0.25, 0.3) is 22.6 Å². The summed E-state index contributed by atoms with van der Waals surface area (Å²) in [6, 6.07) is 19.4. The Bertz CT molecular complexity index is 998. The fourth-order valence-corrected chi connectivity index (χ4v) is 2.51. The molecule has 0 fully saturated rings. The third-order valence-electron chi connectivity index (χ3n) is 3.83. The van der Waals surface area contributed by atoms with Crippen molar-refractivity contribution in [1.29, 1.82) is 0 Å². The molecule has 2 heterocycles. The lowest BCUT2D eigenvalue weighted by Crippen LogP contribution is -1.99. The minimum atomic E-state index is 0.525. The molecule has 128 valence electrons. The van der Waals surface area contributed by atoms with E-state index < -0.39 is 0 Å². The van der Waals surface area contributed by atoms with Crippen LogP contribution in [0, 0.1) is 0 Å². The number of hydrogen-bond donors (Lipinski definition) is 2. The predicted octanol–water partition coefficient (Wildman–Crippen LogP) is 3.68. The molecule has 0 atom stereocenters. The number of benzene rings is 2. The lowest BCUT2D eigenvalue weighted by atomic mass is 10.2. The fourth-order valence-electron chi connectivity index (χ4n) is 2.51. The first-order chi connectivity index (χ1) is 12.8. The summed E-state index contributed by atoms with van der Waals surface area (Å²) in [6.07, 6.45) is 1.56. The minimum Gasteiger partial charge on any atom is -0.497 e. The van der Waals surface area contributed by atoms with Gasteiger partial charge >= 0.3 is 0 Å². The van der Waals surface area contributed by atoms with Crippen LogP contribution in [0.5, 0.6) is 5.75 Å². The van der Waals surface area contributed by atoms with Crippen molar-refractivity contribution in [3.63, 3.8) is 0 Å². The molecule has 4 aromatic rings. The molecule has 0 saturated heterocycles. The van der Waals surface area contributed by atoms with Gasteiger partial charge in [0.1, 0.15) is 5.75 Å². The topological polar surface area (TPSA) is 88.6 Å². The summed E-state index contributed by atoms with van der Waals surface area (Å²) in [4.78, 5) is 4.50. The van der Waals surface area contributed by atoms with Crippen LogP contribution < -0.4 is 10.1 Å². The summed E-state index contributed by atoms with van der Waals surface area (Å²) < 4.78 is 5.17. The number of nitrogens with one attached hydrogen (secondary N) is 2. The second-order valence-electron chi connectivity index (χ2n) is 5.55. The van der Waals surface area contributed by atoms with E-state index in [0.29, 0.717) is 17.5 Å². The molecule has 7 heteroatoms. The zero-order chi connectivity index (χ0) is 17.8. The molecule has 2 aromatic carbocycles. The van der Waals surface area contributed by atoms with E-state index in [1.54, 1.807) is 13.3 Å². The Balaban J connectivity index is 1.55. The van der Waals surface area contributed by atoms with E-state index in [0.717, 1.165) is 22.6 Å². The van der Waals surface area contributed by atoms with Gasteiger partial charge in [0.2, 0.25) is 0 Å². The van der Waals surface area contributed by atoms with Crippen LogP contribution in [0.3, 0.4) is 0 Å². The summed E-state index contributed by atoms with van der Waals surface area (Å²) >= 11 is 0. The highest BCUT2D eigenvalue weighted by Crippen LogP contribution is 2.22. The number of methoxy groups -OCH3 is 1. The molecule has 0 amide bonds. The molecule has 4 rings (SSSR count). The van der Waals surface area contributed by atoms with E-state index in [4.69, 9.17) is 4.74 Å². The first-order valence-corrected chi connectivity index (χ1v) is 8.04. The Morgan fingerprint density at radius 3 is 2.50 bits per heavy atom. The first-order valence-electron chi connectivity index (χ1n) is 8.04. The zero-order valence-electron chi connectivity index (χ0n) is 14.0. The van der Waals surface area contributed by atoms with Gasteiger partial charge in [-0.1, -0.05) is 30.3 Å². The van der Waals surface area contributed by atoms with Gasteiger partial charge in [0, 0.05) is 11.6 Å². The van der Waals surface area contributed by atoms with Crippen LogP contribution in [-0.4, -0.2) is 32.5 Å². The molecule has 0 radical (unpaired) electrons. The number of nitrogens with zero attached hydrogens (tertiary/aromatic N) is 4. The van der Waals surface area contributed by atoms with Crippen molar-refractivity contribution >= 4 is 11.6 Å². The van der Waals surface area contributed by atoms with Crippen molar-refractivity contribution in [3.8, 4) is 28.4 Å². The van der Waals surface area contributed by atoms with Crippen molar-refractivity contribution in [2.45, 2.75) is 0 Å². The highest BCUT2D eigenvalue weighted by Gasteiger charge is 2.07. The van der Waals surface area contributed by atoms with Gasteiger partial charge in [0.15, 0.2) is 17.5 Å². The van der Waals surface area contributed by atoms with E-state index in [2.05, 4.69) is 30.7 Å². The van der Waals surface area contributed by atoms with Crippen molar-refractivity contribution in [2.75, 3.05) is 12.4 Å². The molecule has 0 aliphatic carbocycles. The van der Waals surface area contributed by atoms with Crippen molar-refractivity contribution in [1.82, 2.24) is 25.4 Å². The number of aromatic amines is 1. The molecule has 0 bridgehead atoms. The molecule has 7 nitrogen and oxygen atoms in total. The van der Waals surface area contributed by atoms with E-state index in [1.807, 2.05) is 60.7 Å². The quantitative estimate of drug-likeness (QED) is 0.574. The molecule has 0 aliphatic rings. The normalized spacial score (nSPS) is 10.5. The SMILES string of the molecule is COc1ccc(-c2nncc(Nc3cc(-c4ccccc4)[nH]n3)n2)cc1. The van der Waals surface area contributed by atoms with Gasteiger partial charge in [-0.15, -0.1) is 5.10 Å². The molecule has 2 N–H and O–H groups in total. The van der Waals surface area contributed by atoms with E-state index in [-0.39, 0.29) is 0 Å². The zero-order valence-corrected chi connectivity index (χ0v) is 14.0. The predicted molar refractivity (Wildman–Crippen MR) is 99.1 cm³/mol. The van der Waals surface area contributed by atoms with E-state index in [9.17, 15) is 0 Å². The third kappa shape index (κ3) is 3.36. The minimum absolute atomic E-state index is 0.525. The van der Waals surface area contributed by atoms with Gasteiger partial charge in [-0.25, -0.2) is 4.98 Å². The Morgan fingerprint density at radius 2 is 1.73 bits per heavy atom. The van der Waals surface area contributed by atoms with Crippen LogP contribution in [0.1, 0.15) is 0 Å². The van der Waals surface area contributed by atoms with Gasteiger partial charge in [-0.3, -0.25) is 5.10 Å². The summed E-state index contributed by atoms with van der Waals surface area (Å²) in [5.41, 5.74) is 2.84. The number of ether oxygens (including phenoxy) is 1. The number of H-pyrrole nitrogens is 1. The molecule has 26 heavy (non-hydrogen) atoms. The molecule has 0 aliphatic heterocycles. The Hall–Kier alpha value is -3.74. The second kappa shape index (κ2) is 7.02. The number of anilines is 2. The van der Waals surface area contributed by atoms with Crippen molar-refractivity contribution < 1.29 is 4.74 Å². The molecular weight excluding hydrogens is 328 g/mol. The summed E-state index contributed by atoms with van der Waals surface area (Å²) in [7, 11) is 1.63. The van der Waals surface area contributed by atoms with Crippen LogP contribution in [-0.2, 0) is 0 Å². The fraction of sp³-hybridized carbons (Fsp3) is 0.0526. The van der Waals surface area contributed by atoms with Crippen LogP contribution in [0.15, 0.2) is 66.9 Å². The van der Waals surface area contributed by atoms with E-state index in [1.165, 1.54) is 0 Å². The average Bonchev–Trinajstić information content (AvgIpc) is 3.17. The number of aromatic nitrogens is 5. The molecule has 0 unspecified atom stereocenters. The first kappa shape index (κ1) is 15.8. The van der Waals surface area contributed by atoms with Crippen molar-refractivity contribution in [2.24, 2.45) is 0 Å². The van der Waals surface area contributed by atoms with Crippen molar-refractivity contribution in [3.05, 3.63) is 66.9 Å². The number of rotatable bonds is 5. The molecular formula is C19H16N6O. The van der Waals surface area contributed by atoms with Crippen LogP contribution >= 0.6 is 0 Å². The van der Waals surface area contributed by atoms with E-state index >= 15 is 0 Å². The summed E-state index contributed by atoms with van der Waals surface area (Å²) in [5, 5.41) is 18.5. The van der Waals surface area contributed by atoms with Gasteiger partial charge in [0.05, 0.1) is 19.0 Å². The lowest BCUT2D eigenvalue weighted by molar-refractivity contribution is 0.415. The lowest BCUT2D eigenvalue weighted by Gasteiger charge is -2.04. The third-order valence-corrected chi connectivity index (χ3v) is 3.83. The maximum absolute atomic E-state index is 5.17. The molecule has 0 saturated carbocycles. The smallest absolute Gasteiger partial charge is 0.183 e. The number of hydrogen-bond acceptors (Lipinski definition) is 6. The maximum Gasteiger partial charge on any atom is 0.183 e. The monoisotopic (exact) mass is 344 g/mol. The van der Waals surface area contributed by atoms with Crippen LogP contribution in [0.2, 0.25) is 0 Å². The van der Waals surface area contributed by atoms with Gasteiger partial charge < -0.3 is 10.1 Å². The Kier molecular flexibility index (Phi) is 4.26. The second-order valence-corrected chi connectivity index (χ2v) is 5.55. The van der Waals surface area contributed by atoms with Gasteiger partial charge in [-0.2, -0.15) is 10.2 Å². The molecule has 0 spiro atoms. The highest BCUT2D eigenvalue weighted by atomic mass is 16.5. The van der Waals surface area contributed by atoms with Gasteiger partial charge in [0.25, 0.3) is 0 Å². The maximum atomic E-state index is 5.17. The van der Waals surface area contributed by atoms with Gasteiger partial charge in [-0.05, 0) is 29.8 Å². The average molecular weight is 344 g/mol.